The van der Waals surface area contributed by atoms with E-state index in [0.717, 1.165) is 5.56 Å². The van der Waals surface area contributed by atoms with Gasteiger partial charge in [0.1, 0.15) is 0 Å². The van der Waals surface area contributed by atoms with Gasteiger partial charge in [-0.2, -0.15) is 0 Å². The van der Waals surface area contributed by atoms with Gasteiger partial charge in [-0.1, -0.05) is 51.1 Å². The lowest BCUT2D eigenvalue weighted by Crippen LogP contribution is -2.40. The van der Waals surface area contributed by atoms with E-state index in [9.17, 15) is 21.6 Å². The number of rotatable bonds is 6. The van der Waals surface area contributed by atoms with E-state index < -0.39 is 37.6 Å². The SMILES string of the molecule is CC(C)(C)c1ccc(S(=O)(=O)NCC(=O)N2CCC(S(=O)(=O)c3ccccc3)C2)cc1. The number of sulfone groups is 1. The normalized spacial score (nSPS) is 17.6. The van der Waals surface area contributed by atoms with Crippen LogP contribution in [0.2, 0.25) is 0 Å². The summed E-state index contributed by atoms with van der Waals surface area (Å²) in [6.07, 6.45) is 0.323. The molecular weight excluding hydrogens is 436 g/mol. The number of hydrogen-bond donors (Lipinski definition) is 1. The highest BCUT2D eigenvalue weighted by atomic mass is 32.2. The third-order valence-corrected chi connectivity index (χ3v) is 9.06. The van der Waals surface area contributed by atoms with Crippen LogP contribution < -0.4 is 4.72 Å². The topological polar surface area (TPSA) is 101 Å². The largest absolute Gasteiger partial charge is 0.340 e. The minimum Gasteiger partial charge on any atom is -0.340 e. The monoisotopic (exact) mass is 464 g/mol. The molecule has 1 fully saturated rings. The molecule has 3 rings (SSSR count). The third-order valence-electron chi connectivity index (χ3n) is 5.45. The molecule has 2 aromatic carbocycles. The van der Waals surface area contributed by atoms with Gasteiger partial charge in [0.2, 0.25) is 15.9 Å². The predicted octanol–water partition coefficient (Wildman–Crippen LogP) is 2.34. The zero-order chi connectivity index (χ0) is 22.9. The molecule has 168 valence electrons. The molecular formula is C22H28N2O5S2. The average Bonchev–Trinajstić information content (AvgIpc) is 3.23. The van der Waals surface area contributed by atoms with E-state index >= 15 is 0 Å². The second kappa shape index (κ2) is 8.72. The van der Waals surface area contributed by atoms with Crippen LogP contribution >= 0.6 is 0 Å². The molecule has 2 aromatic rings. The summed E-state index contributed by atoms with van der Waals surface area (Å²) >= 11 is 0. The van der Waals surface area contributed by atoms with Crippen molar-refractivity contribution in [3.8, 4) is 0 Å². The van der Waals surface area contributed by atoms with Crippen LogP contribution in [-0.4, -0.2) is 52.5 Å². The Morgan fingerprint density at radius 1 is 0.968 bits per heavy atom. The van der Waals surface area contributed by atoms with Gasteiger partial charge in [-0.25, -0.2) is 21.6 Å². The van der Waals surface area contributed by atoms with Gasteiger partial charge in [0.15, 0.2) is 9.84 Å². The van der Waals surface area contributed by atoms with Crippen molar-refractivity contribution in [1.29, 1.82) is 0 Å². The number of amides is 1. The average molecular weight is 465 g/mol. The first-order valence-corrected chi connectivity index (χ1v) is 13.1. The van der Waals surface area contributed by atoms with Crippen molar-refractivity contribution in [2.75, 3.05) is 19.6 Å². The first kappa shape index (κ1) is 23.4. The summed E-state index contributed by atoms with van der Waals surface area (Å²) in [6, 6.07) is 14.7. The maximum Gasteiger partial charge on any atom is 0.241 e. The number of likely N-dealkylation sites (tertiary alicyclic amines) is 1. The Labute approximate surface area is 184 Å². The van der Waals surface area contributed by atoms with Crippen molar-refractivity contribution in [3.05, 3.63) is 60.2 Å². The summed E-state index contributed by atoms with van der Waals surface area (Å²) in [4.78, 5) is 14.2. The summed E-state index contributed by atoms with van der Waals surface area (Å²) < 4.78 is 52.9. The smallest absolute Gasteiger partial charge is 0.241 e. The number of hydrogen-bond acceptors (Lipinski definition) is 5. The second-order valence-corrected chi connectivity index (χ2v) is 12.7. The van der Waals surface area contributed by atoms with E-state index in [1.54, 1.807) is 42.5 Å². The maximum absolute atomic E-state index is 12.8. The van der Waals surface area contributed by atoms with Crippen LogP contribution in [0.5, 0.6) is 0 Å². The number of nitrogens with one attached hydrogen (secondary N) is 1. The minimum atomic E-state index is -3.85. The van der Waals surface area contributed by atoms with Crippen LogP contribution in [0, 0.1) is 0 Å². The lowest BCUT2D eigenvalue weighted by molar-refractivity contribution is -0.128. The van der Waals surface area contributed by atoms with Crippen molar-refractivity contribution in [1.82, 2.24) is 9.62 Å². The van der Waals surface area contributed by atoms with E-state index in [4.69, 9.17) is 0 Å². The Morgan fingerprint density at radius 3 is 2.16 bits per heavy atom. The zero-order valence-corrected chi connectivity index (χ0v) is 19.5. The van der Waals surface area contributed by atoms with Crippen molar-refractivity contribution < 1.29 is 21.6 Å². The third kappa shape index (κ3) is 5.34. The number of nitrogens with zero attached hydrogens (tertiary/aromatic N) is 1. The Bertz CT molecular complexity index is 1140. The lowest BCUT2D eigenvalue weighted by Gasteiger charge is -2.19. The molecule has 1 N–H and O–H groups in total. The molecule has 1 heterocycles. The first-order valence-electron chi connectivity index (χ1n) is 10.1. The molecule has 0 aromatic heterocycles. The number of sulfonamides is 1. The van der Waals surface area contributed by atoms with Crippen LogP contribution in [0.25, 0.3) is 0 Å². The Kier molecular flexibility index (Phi) is 6.59. The number of benzene rings is 2. The molecule has 1 atom stereocenters. The molecule has 9 heteroatoms. The predicted molar refractivity (Wildman–Crippen MR) is 119 cm³/mol. The van der Waals surface area contributed by atoms with E-state index in [2.05, 4.69) is 4.72 Å². The molecule has 1 aliphatic heterocycles. The van der Waals surface area contributed by atoms with Gasteiger partial charge >= 0.3 is 0 Å². The highest BCUT2D eigenvalue weighted by Crippen LogP contribution is 2.25. The van der Waals surface area contributed by atoms with Crippen molar-refractivity contribution in [2.24, 2.45) is 0 Å². The molecule has 0 spiro atoms. The Morgan fingerprint density at radius 2 is 1.58 bits per heavy atom. The van der Waals surface area contributed by atoms with Gasteiger partial charge in [-0.05, 0) is 41.7 Å². The summed E-state index contributed by atoms with van der Waals surface area (Å²) in [6.45, 7) is 6.02. The summed E-state index contributed by atoms with van der Waals surface area (Å²) in [5.41, 5.74) is 0.906. The molecule has 1 aliphatic rings. The summed E-state index contributed by atoms with van der Waals surface area (Å²) in [7, 11) is -7.39. The van der Waals surface area contributed by atoms with Gasteiger partial charge in [-0.15, -0.1) is 0 Å². The van der Waals surface area contributed by atoms with Crippen LogP contribution in [-0.2, 0) is 30.1 Å². The lowest BCUT2D eigenvalue weighted by atomic mass is 9.87. The van der Waals surface area contributed by atoms with Crippen LogP contribution in [0.1, 0.15) is 32.8 Å². The van der Waals surface area contributed by atoms with Gasteiger partial charge in [0.05, 0.1) is 21.6 Å². The Balaban J connectivity index is 1.61. The van der Waals surface area contributed by atoms with Gasteiger partial charge in [0, 0.05) is 13.1 Å². The second-order valence-electron chi connectivity index (χ2n) is 8.71. The van der Waals surface area contributed by atoms with Crippen LogP contribution in [0.3, 0.4) is 0 Å². The van der Waals surface area contributed by atoms with Crippen LogP contribution in [0.15, 0.2) is 64.4 Å². The molecule has 0 bridgehead atoms. The highest BCUT2D eigenvalue weighted by molar-refractivity contribution is 7.92. The van der Waals surface area contributed by atoms with E-state index in [-0.39, 0.29) is 28.3 Å². The van der Waals surface area contributed by atoms with Gasteiger partial charge < -0.3 is 4.90 Å². The molecule has 1 saturated heterocycles. The van der Waals surface area contributed by atoms with Gasteiger partial charge in [-0.3, -0.25) is 4.79 Å². The van der Waals surface area contributed by atoms with Crippen molar-refractivity contribution in [3.63, 3.8) is 0 Å². The Hall–Kier alpha value is -2.23. The number of carbonyl (C=O) groups is 1. The highest BCUT2D eigenvalue weighted by Gasteiger charge is 2.36. The number of carbonyl (C=O) groups excluding carboxylic acids is 1. The van der Waals surface area contributed by atoms with Crippen LogP contribution in [0.4, 0.5) is 0 Å². The fourth-order valence-electron chi connectivity index (χ4n) is 3.50. The zero-order valence-electron chi connectivity index (χ0n) is 17.9. The van der Waals surface area contributed by atoms with Crippen molar-refractivity contribution in [2.45, 2.75) is 47.6 Å². The minimum absolute atomic E-state index is 0.0536. The fraction of sp³-hybridized carbons (Fsp3) is 0.409. The summed E-state index contributed by atoms with van der Waals surface area (Å²) in [5.74, 6) is -0.444. The van der Waals surface area contributed by atoms with E-state index in [1.807, 2.05) is 20.8 Å². The van der Waals surface area contributed by atoms with Gasteiger partial charge in [0.25, 0.3) is 0 Å². The molecule has 1 unspecified atom stereocenters. The molecule has 1 amide bonds. The van der Waals surface area contributed by atoms with E-state index in [1.165, 1.54) is 17.0 Å². The molecule has 0 aliphatic carbocycles. The fourth-order valence-corrected chi connectivity index (χ4v) is 6.18. The molecule has 31 heavy (non-hydrogen) atoms. The van der Waals surface area contributed by atoms with Crippen molar-refractivity contribution >= 4 is 25.8 Å². The first-order chi connectivity index (χ1) is 14.4. The standard InChI is InChI=1S/C22H28N2O5S2/c1-22(2,3)17-9-11-19(12-10-17)31(28,29)23-15-21(25)24-14-13-20(16-24)30(26,27)18-7-5-4-6-8-18/h4-12,20,23H,13-16H2,1-3H3. The molecule has 0 radical (unpaired) electrons. The maximum atomic E-state index is 12.8. The molecule has 7 nitrogen and oxygen atoms in total. The molecule has 0 saturated carbocycles. The van der Waals surface area contributed by atoms with E-state index in [0.29, 0.717) is 6.42 Å². The quantitative estimate of drug-likeness (QED) is 0.707. The summed E-state index contributed by atoms with van der Waals surface area (Å²) in [5, 5.41) is -0.694.